The first-order valence-corrected chi connectivity index (χ1v) is 6.60. The molecule has 1 aliphatic carbocycles. The van der Waals surface area contributed by atoms with Crippen LogP contribution in [0.4, 0.5) is 8.78 Å². The van der Waals surface area contributed by atoms with Gasteiger partial charge in [0.2, 0.25) is 0 Å². The van der Waals surface area contributed by atoms with E-state index in [2.05, 4.69) is 26.0 Å². The van der Waals surface area contributed by atoms with Crippen molar-refractivity contribution in [2.45, 2.75) is 25.0 Å². The molecule has 0 bridgehead atoms. The Balaban J connectivity index is 2.06. The van der Waals surface area contributed by atoms with Crippen LogP contribution in [0.5, 0.6) is 5.75 Å². The van der Waals surface area contributed by atoms with Gasteiger partial charge >= 0.3 is 6.61 Å². The van der Waals surface area contributed by atoms with Gasteiger partial charge in [-0.25, -0.2) is 0 Å². The van der Waals surface area contributed by atoms with Gasteiger partial charge in [0, 0.05) is 10.9 Å². The molecular weight excluding hydrogens is 308 g/mol. The van der Waals surface area contributed by atoms with Crippen LogP contribution in [0.1, 0.15) is 23.2 Å². The third kappa shape index (κ3) is 3.19. The van der Waals surface area contributed by atoms with E-state index in [1.165, 1.54) is 18.2 Å². The van der Waals surface area contributed by atoms with E-state index >= 15 is 0 Å². The molecule has 18 heavy (non-hydrogen) atoms. The number of alkyl halides is 3. The number of rotatable bonds is 5. The van der Waals surface area contributed by atoms with Crippen molar-refractivity contribution in [2.24, 2.45) is 0 Å². The number of carbonyl (C=O) groups excluding carboxylic acids is 1. The topological polar surface area (TPSA) is 38.3 Å². The number of ether oxygens (including phenoxy) is 1. The van der Waals surface area contributed by atoms with Gasteiger partial charge in [-0.05, 0) is 31.0 Å². The molecule has 6 heteroatoms. The van der Waals surface area contributed by atoms with Crippen molar-refractivity contribution >= 4 is 21.8 Å². The summed E-state index contributed by atoms with van der Waals surface area (Å²) in [5, 5.41) is 3.58. The number of carbonyl (C=O) groups is 1. The van der Waals surface area contributed by atoms with E-state index in [4.69, 9.17) is 0 Å². The van der Waals surface area contributed by atoms with Gasteiger partial charge in [0.25, 0.3) is 5.91 Å². The summed E-state index contributed by atoms with van der Waals surface area (Å²) in [6, 6.07) is 5.78. The minimum atomic E-state index is -2.89. The molecule has 0 unspecified atom stereocenters. The predicted octanol–water partition coefficient (Wildman–Crippen LogP) is 2.95. The lowest BCUT2D eigenvalue weighted by Crippen LogP contribution is -2.38. The molecule has 1 aromatic rings. The van der Waals surface area contributed by atoms with Crippen molar-refractivity contribution in [1.29, 1.82) is 0 Å². The molecule has 98 valence electrons. The minimum absolute atomic E-state index is 0.0126. The summed E-state index contributed by atoms with van der Waals surface area (Å²) in [5.74, 6) is -0.284. The lowest BCUT2D eigenvalue weighted by atomic mass is 10.2. The Bertz CT molecular complexity index is 449. The Morgan fingerprint density at radius 2 is 2.22 bits per heavy atom. The number of benzene rings is 1. The van der Waals surface area contributed by atoms with Crippen LogP contribution in [-0.2, 0) is 0 Å². The van der Waals surface area contributed by atoms with Crippen molar-refractivity contribution in [3.8, 4) is 5.75 Å². The molecular formula is C12H12BrF2NO2. The summed E-state index contributed by atoms with van der Waals surface area (Å²) in [4.78, 5) is 11.9. The second-order valence-corrected chi connectivity index (χ2v) is 4.84. The van der Waals surface area contributed by atoms with Crippen LogP contribution in [0, 0.1) is 0 Å². The molecule has 1 aromatic carbocycles. The molecule has 0 aromatic heterocycles. The standard InChI is InChI=1S/C12H12BrF2NO2/c13-7-12(4-5-12)16-10(17)8-2-1-3-9(6-8)18-11(14)15/h1-3,6,11H,4-5,7H2,(H,16,17). The van der Waals surface area contributed by atoms with Crippen molar-refractivity contribution < 1.29 is 18.3 Å². The highest BCUT2D eigenvalue weighted by Gasteiger charge is 2.42. The Labute approximate surface area is 112 Å². The highest BCUT2D eigenvalue weighted by Crippen LogP contribution is 2.37. The second-order valence-electron chi connectivity index (χ2n) is 4.27. The number of halogens is 3. The molecule has 0 heterocycles. The van der Waals surface area contributed by atoms with Crippen LogP contribution in [-0.4, -0.2) is 23.4 Å². The maximum atomic E-state index is 12.1. The number of amides is 1. The highest BCUT2D eigenvalue weighted by molar-refractivity contribution is 9.09. The Kier molecular flexibility index (Phi) is 3.85. The normalized spacial score (nSPS) is 16.4. The third-order valence-electron chi connectivity index (χ3n) is 2.81. The van der Waals surface area contributed by atoms with Gasteiger partial charge in [0.05, 0.1) is 5.54 Å². The van der Waals surface area contributed by atoms with Crippen LogP contribution in [0.3, 0.4) is 0 Å². The third-order valence-corrected chi connectivity index (χ3v) is 3.88. The van der Waals surface area contributed by atoms with E-state index in [1.807, 2.05) is 0 Å². The summed E-state index contributed by atoms with van der Waals surface area (Å²) in [7, 11) is 0. The van der Waals surface area contributed by atoms with Crippen molar-refractivity contribution in [3.63, 3.8) is 0 Å². The van der Waals surface area contributed by atoms with Gasteiger partial charge in [0.1, 0.15) is 5.75 Å². The Morgan fingerprint density at radius 3 is 2.78 bits per heavy atom. The van der Waals surface area contributed by atoms with Crippen LogP contribution in [0.15, 0.2) is 24.3 Å². The minimum Gasteiger partial charge on any atom is -0.435 e. The summed E-state index contributed by atoms with van der Waals surface area (Å²) >= 11 is 3.34. The molecule has 0 radical (unpaired) electrons. The molecule has 0 saturated heterocycles. The van der Waals surface area contributed by atoms with E-state index in [9.17, 15) is 13.6 Å². The molecule has 1 fully saturated rings. The average Bonchev–Trinajstić information content (AvgIpc) is 3.09. The smallest absolute Gasteiger partial charge is 0.387 e. The Hall–Kier alpha value is -1.17. The number of hydrogen-bond acceptors (Lipinski definition) is 2. The quantitative estimate of drug-likeness (QED) is 0.847. The maximum Gasteiger partial charge on any atom is 0.387 e. The van der Waals surface area contributed by atoms with Gasteiger partial charge in [-0.2, -0.15) is 8.78 Å². The predicted molar refractivity (Wildman–Crippen MR) is 66.3 cm³/mol. The first kappa shape index (κ1) is 13.3. The first-order valence-electron chi connectivity index (χ1n) is 5.48. The zero-order valence-corrected chi connectivity index (χ0v) is 11.0. The monoisotopic (exact) mass is 319 g/mol. The number of hydrogen-bond donors (Lipinski definition) is 1. The van der Waals surface area contributed by atoms with E-state index in [0.717, 1.165) is 12.8 Å². The number of nitrogens with one attached hydrogen (secondary N) is 1. The fraction of sp³-hybridized carbons (Fsp3) is 0.417. The van der Waals surface area contributed by atoms with Crippen LogP contribution in [0.25, 0.3) is 0 Å². The van der Waals surface area contributed by atoms with Gasteiger partial charge < -0.3 is 10.1 Å². The van der Waals surface area contributed by atoms with Gasteiger partial charge in [-0.1, -0.05) is 22.0 Å². The van der Waals surface area contributed by atoms with Gasteiger partial charge in [-0.15, -0.1) is 0 Å². The molecule has 0 atom stereocenters. The zero-order chi connectivity index (χ0) is 13.2. The van der Waals surface area contributed by atoms with E-state index in [-0.39, 0.29) is 17.2 Å². The van der Waals surface area contributed by atoms with Crippen LogP contribution >= 0.6 is 15.9 Å². The molecule has 1 amide bonds. The van der Waals surface area contributed by atoms with Gasteiger partial charge in [0.15, 0.2) is 0 Å². The fourth-order valence-corrected chi connectivity index (χ4v) is 2.27. The summed E-state index contributed by atoms with van der Waals surface area (Å²) in [6.45, 7) is -2.89. The molecule has 2 rings (SSSR count). The summed E-state index contributed by atoms with van der Waals surface area (Å²) in [6.07, 6.45) is 1.86. The van der Waals surface area contributed by atoms with E-state index in [0.29, 0.717) is 10.9 Å². The lowest BCUT2D eigenvalue weighted by Gasteiger charge is -2.14. The molecule has 3 nitrogen and oxygen atoms in total. The van der Waals surface area contributed by atoms with Crippen LogP contribution in [0.2, 0.25) is 0 Å². The maximum absolute atomic E-state index is 12.1. The SMILES string of the molecule is O=C(NC1(CBr)CC1)c1cccc(OC(F)F)c1. The molecule has 0 spiro atoms. The average molecular weight is 320 g/mol. The van der Waals surface area contributed by atoms with Crippen LogP contribution < -0.4 is 10.1 Å². The van der Waals surface area contributed by atoms with Crippen molar-refractivity contribution in [1.82, 2.24) is 5.32 Å². The molecule has 1 aliphatic rings. The first-order chi connectivity index (χ1) is 8.54. The molecule has 0 aliphatic heterocycles. The zero-order valence-electron chi connectivity index (χ0n) is 9.46. The van der Waals surface area contributed by atoms with E-state index in [1.54, 1.807) is 6.07 Å². The van der Waals surface area contributed by atoms with Crippen molar-refractivity contribution in [3.05, 3.63) is 29.8 Å². The molecule has 1 N–H and O–H groups in total. The lowest BCUT2D eigenvalue weighted by molar-refractivity contribution is -0.0498. The van der Waals surface area contributed by atoms with Crippen molar-refractivity contribution in [2.75, 3.05) is 5.33 Å². The second kappa shape index (κ2) is 5.22. The fourth-order valence-electron chi connectivity index (χ4n) is 1.57. The largest absolute Gasteiger partial charge is 0.435 e. The molecule has 1 saturated carbocycles. The highest BCUT2D eigenvalue weighted by atomic mass is 79.9. The van der Waals surface area contributed by atoms with Gasteiger partial charge in [-0.3, -0.25) is 4.79 Å². The summed E-state index contributed by atoms with van der Waals surface area (Å²) in [5.41, 5.74) is 0.150. The van der Waals surface area contributed by atoms with E-state index < -0.39 is 6.61 Å². The Morgan fingerprint density at radius 1 is 1.50 bits per heavy atom. The summed E-state index contributed by atoms with van der Waals surface area (Å²) < 4.78 is 28.4.